The SMILES string of the molecule is CC(C)NC(=O)OCC1CC2CCN1CC2c1cc(-c2ccco2)nn1C. The molecule has 0 radical (unpaired) electrons. The molecule has 0 saturated carbocycles. The molecule has 2 aromatic rings. The Labute approximate surface area is 159 Å². The summed E-state index contributed by atoms with van der Waals surface area (Å²) in [5, 5.41) is 7.43. The minimum Gasteiger partial charge on any atom is -0.463 e. The number of amides is 1. The third kappa shape index (κ3) is 3.74. The van der Waals surface area contributed by atoms with E-state index in [-0.39, 0.29) is 12.1 Å². The van der Waals surface area contributed by atoms with Crippen LogP contribution in [0.3, 0.4) is 0 Å². The Morgan fingerprint density at radius 3 is 3.00 bits per heavy atom. The number of aryl methyl sites for hydroxylation is 1. The van der Waals surface area contributed by atoms with Gasteiger partial charge in [0.2, 0.25) is 0 Å². The summed E-state index contributed by atoms with van der Waals surface area (Å²) in [6, 6.07) is 6.40. The summed E-state index contributed by atoms with van der Waals surface area (Å²) in [7, 11) is 2.01. The third-order valence-corrected chi connectivity index (χ3v) is 5.76. The van der Waals surface area contributed by atoms with E-state index >= 15 is 0 Å². The number of nitrogens with one attached hydrogen (secondary N) is 1. The number of fused-ring (bicyclic) bond motifs is 3. The number of hydrogen-bond acceptors (Lipinski definition) is 5. The van der Waals surface area contributed by atoms with Crippen molar-refractivity contribution in [2.24, 2.45) is 13.0 Å². The Bertz CT molecular complexity index is 783. The van der Waals surface area contributed by atoms with Gasteiger partial charge in [0.05, 0.1) is 6.26 Å². The molecule has 3 saturated heterocycles. The lowest BCUT2D eigenvalue weighted by molar-refractivity contribution is -0.00441. The molecule has 0 spiro atoms. The maximum atomic E-state index is 11.8. The summed E-state index contributed by atoms with van der Waals surface area (Å²) in [5.74, 6) is 1.86. The second-order valence-corrected chi connectivity index (χ2v) is 7.99. The lowest BCUT2D eigenvalue weighted by atomic mass is 9.74. The average Bonchev–Trinajstić information content (AvgIpc) is 3.29. The van der Waals surface area contributed by atoms with Crippen molar-refractivity contribution < 1.29 is 13.9 Å². The van der Waals surface area contributed by atoms with Crippen molar-refractivity contribution in [3.8, 4) is 11.5 Å². The van der Waals surface area contributed by atoms with Gasteiger partial charge in [0.15, 0.2) is 5.76 Å². The molecule has 0 aliphatic carbocycles. The molecule has 0 aromatic carbocycles. The number of alkyl carbamates (subject to hydrolysis) is 1. The third-order valence-electron chi connectivity index (χ3n) is 5.76. The van der Waals surface area contributed by atoms with E-state index in [2.05, 4.69) is 21.4 Å². The predicted molar refractivity (Wildman–Crippen MR) is 101 cm³/mol. The second kappa shape index (κ2) is 7.38. The number of aromatic nitrogens is 2. The van der Waals surface area contributed by atoms with Crippen molar-refractivity contribution in [1.29, 1.82) is 0 Å². The Hall–Kier alpha value is -2.28. The maximum absolute atomic E-state index is 11.8. The number of ether oxygens (including phenoxy) is 1. The van der Waals surface area contributed by atoms with E-state index < -0.39 is 0 Å². The Morgan fingerprint density at radius 2 is 2.33 bits per heavy atom. The molecule has 1 amide bonds. The predicted octanol–water partition coefficient (Wildman–Crippen LogP) is 2.99. The van der Waals surface area contributed by atoms with Crippen LogP contribution in [0, 0.1) is 5.92 Å². The minimum absolute atomic E-state index is 0.0955. The summed E-state index contributed by atoms with van der Waals surface area (Å²) >= 11 is 0. The molecule has 4 atom stereocenters. The standard InChI is InChI=1S/C20H28N4O3/c1-13(2)21-20(25)27-12-15-9-14-6-7-24(15)11-16(14)18-10-17(22-23(18)3)19-5-4-8-26-19/h4-5,8,10,13-16H,6-7,9,11-12H2,1-3H3,(H,21,25). The monoisotopic (exact) mass is 372 g/mol. The molecule has 7 heteroatoms. The fourth-order valence-electron chi connectivity index (χ4n) is 4.47. The van der Waals surface area contributed by atoms with Crippen molar-refractivity contribution in [3.05, 3.63) is 30.2 Å². The molecule has 3 aliphatic heterocycles. The first-order valence-corrected chi connectivity index (χ1v) is 9.76. The molecule has 5 heterocycles. The van der Waals surface area contributed by atoms with Crippen LogP contribution in [0.25, 0.3) is 11.5 Å². The molecule has 4 unspecified atom stereocenters. The Balaban J connectivity index is 1.41. The minimum atomic E-state index is -0.320. The summed E-state index contributed by atoms with van der Waals surface area (Å²) in [6.07, 6.45) is 3.60. The average molecular weight is 372 g/mol. The smallest absolute Gasteiger partial charge is 0.407 e. The van der Waals surface area contributed by atoms with Crippen LogP contribution in [0.4, 0.5) is 4.79 Å². The number of rotatable bonds is 5. The normalized spacial score (nSPS) is 27.1. The molecular weight excluding hydrogens is 344 g/mol. The van der Waals surface area contributed by atoms with Crippen LogP contribution < -0.4 is 5.32 Å². The van der Waals surface area contributed by atoms with Crippen LogP contribution >= 0.6 is 0 Å². The summed E-state index contributed by atoms with van der Waals surface area (Å²) in [6.45, 7) is 6.39. The molecule has 2 aromatic heterocycles. The van der Waals surface area contributed by atoms with Crippen molar-refractivity contribution in [3.63, 3.8) is 0 Å². The molecule has 2 bridgehead atoms. The summed E-state index contributed by atoms with van der Waals surface area (Å²) in [4.78, 5) is 14.2. The van der Waals surface area contributed by atoms with Gasteiger partial charge < -0.3 is 14.5 Å². The lowest BCUT2D eigenvalue weighted by Crippen LogP contribution is -2.54. The Morgan fingerprint density at radius 1 is 1.48 bits per heavy atom. The highest BCUT2D eigenvalue weighted by Gasteiger charge is 2.42. The Kier molecular flexibility index (Phi) is 4.95. The van der Waals surface area contributed by atoms with Crippen molar-refractivity contribution >= 4 is 6.09 Å². The van der Waals surface area contributed by atoms with E-state index in [9.17, 15) is 4.79 Å². The highest BCUT2D eigenvalue weighted by atomic mass is 16.5. The van der Waals surface area contributed by atoms with Gasteiger partial charge in [-0.05, 0) is 57.4 Å². The van der Waals surface area contributed by atoms with E-state index in [1.54, 1.807) is 6.26 Å². The number of piperidine rings is 3. The van der Waals surface area contributed by atoms with Gasteiger partial charge in [-0.1, -0.05) is 0 Å². The first-order valence-electron chi connectivity index (χ1n) is 9.76. The van der Waals surface area contributed by atoms with E-state index in [4.69, 9.17) is 9.15 Å². The van der Waals surface area contributed by atoms with Crippen LogP contribution in [0.5, 0.6) is 0 Å². The van der Waals surface area contributed by atoms with Crippen molar-refractivity contribution in [2.45, 2.75) is 44.7 Å². The van der Waals surface area contributed by atoms with Crippen molar-refractivity contribution in [1.82, 2.24) is 20.0 Å². The van der Waals surface area contributed by atoms with E-state index in [1.807, 2.05) is 37.7 Å². The number of carbonyl (C=O) groups is 1. The topological polar surface area (TPSA) is 72.5 Å². The number of carbonyl (C=O) groups excluding carboxylic acids is 1. The van der Waals surface area contributed by atoms with Gasteiger partial charge in [-0.25, -0.2) is 4.79 Å². The second-order valence-electron chi connectivity index (χ2n) is 7.99. The lowest BCUT2D eigenvalue weighted by Gasteiger charge is -2.49. The first kappa shape index (κ1) is 18.1. The molecule has 27 heavy (non-hydrogen) atoms. The van der Waals surface area contributed by atoms with Gasteiger partial charge in [-0.2, -0.15) is 5.10 Å². The summed E-state index contributed by atoms with van der Waals surface area (Å²) in [5.41, 5.74) is 2.15. The van der Waals surface area contributed by atoms with Gasteiger partial charge in [0, 0.05) is 37.3 Å². The fourth-order valence-corrected chi connectivity index (χ4v) is 4.47. The molecule has 146 valence electrons. The highest BCUT2D eigenvalue weighted by molar-refractivity contribution is 5.67. The van der Waals surface area contributed by atoms with Crippen LogP contribution in [0.1, 0.15) is 38.3 Å². The molecule has 5 rings (SSSR count). The van der Waals surface area contributed by atoms with Crippen LogP contribution in [-0.2, 0) is 11.8 Å². The zero-order chi connectivity index (χ0) is 19.0. The van der Waals surface area contributed by atoms with E-state index in [1.165, 1.54) is 12.1 Å². The van der Waals surface area contributed by atoms with Crippen molar-refractivity contribution in [2.75, 3.05) is 19.7 Å². The van der Waals surface area contributed by atoms with Gasteiger partial charge in [-0.15, -0.1) is 0 Å². The molecule has 1 N–H and O–H groups in total. The molecule has 7 nitrogen and oxygen atoms in total. The zero-order valence-corrected chi connectivity index (χ0v) is 16.2. The van der Waals surface area contributed by atoms with Crippen LogP contribution in [0.2, 0.25) is 0 Å². The van der Waals surface area contributed by atoms with E-state index in [0.717, 1.165) is 31.0 Å². The van der Waals surface area contributed by atoms with E-state index in [0.29, 0.717) is 24.5 Å². The summed E-state index contributed by atoms with van der Waals surface area (Å²) < 4.78 is 12.9. The first-order chi connectivity index (χ1) is 13.0. The number of furan rings is 1. The van der Waals surface area contributed by atoms with Gasteiger partial charge in [0.25, 0.3) is 0 Å². The maximum Gasteiger partial charge on any atom is 0.407 e. The van der Waals surface area contributed by atoms with Crippen LogP contribution in [-0.4, -0.2) is 52.6 Å². The quantitative estimate of drug-likeness (QED) is 0.873. The number of hydrogen-bond donors (Lipinski definition) is 1. The number of nitrogens with zero attached hydrogens (tertiary/aromatic N) is 3. The van der Waals surface area contributed by atoms with Crippen LogP contribution in [0.15, 0.2) is 28.9 Å². The molecule has 3 aliphatic rings. The van der Waals surface area contributed by atoms with Gasteiger partial charge in [-0.3, -0.25) is 9.58 Å². The fraction of sp³-hybridized carbons (Fsp3) is 0.600. The molecular formula is C20H28N4O3. The van der Waals surface area contributed by atoms with Gasteiger partial charge in [0.1, 0.15) is 12.3 Å². The largest absolute Gasteiger partial charge is 0.463 e. The van der Waals surface area contributed by atoms with Gasteiger partial charge >= 0.3 is 6.09 Å². The highest BCUT2D eigenvalue weighted by Crippen LogP contribution is 2.42. The zero-order valence-electron chi connectivity index (χ0n) is 16.2. The molecule has 3 fully saturated rings.